The van der Waals surface area contributed by atoms with Crippen LogP contribution in [0.1, 0.15) is 10.4 Å². The Morgan fingerprint density at radius 1 is 1.09 bits per heavy atom. The Hall–Kier alpha value is -1.02. The van der Waals surface area contributed by atoms with E-state index in [9.17, 15) is 9.59 Å². The molecule has 0 aromatic heterocycles. The maximum atomic E-state index is 11.9. The van der Waals surface area contributed by atoms with Gasteiger partial charge < -0.3 is 10.1 Å². The van der Waals surface area contributed by atoms with E-state index in [2.05, 4.69) is 27.9 Å². The Morgan fingerprint density at radius 2 is 1.74 bits per heavy atom. The molecule has 0 aliphatic rings. The number of benzene rings is 2. The van der Waals surface area contributed by atoms with Crippen LogP contribution < -0.4 is 5.32 Å². The van der Waals surface area contributed by atoms with E-state index in [-0.39, 0.29) is 15.7 Å². The van der Waals surface area contributed by atoms with Gasteiger partial charge in [-0.25, -0.2) is 4.79 Å². The highest BCUT2D eigenvalue weighted by Crippen LogP contribution is 2.33. The largest absolute Gasteiger partial charge is 0.452 e. The van der Waals surface area contributed by atoms with Gasteiger partial charge in [0.1, 0.15) is 0 Å². The summed E-state index contributed by atoms with van der Waals surface area (Å²) in [7, 11) is 0. The summed E-state index contributed by atoms with van der Waals surface area (Å²) in [6.45, 7) is -0.459. The number of rotatable bonds is 4. The minimum absolute atomic E-state index is 0.194. The van der Waals surface area contributed by atoms with Gasteiger partial charge in [-0.2, -0.15) is 0 Å². The highest BCUT2D eigenvalue weighted by Gasteiger charge is 2.14. The third-order valence-electron chi connectivity index (χ3n) is 2.67. The second-order valence-electron chi connectivity index (χ2n) is 4.38. The monoisotopic (exact) mass is 483 g/mol. The van der Waals surface area contributed by atoms with Crippen molar-refractivity contribution in [2.24, 2.45) is 0 Å². The molecule has 0 saturated heterocycles. The zero-order valence-electron chi connectivity index (χ0n) is 11.4. The van der Waals surface area contributed by atoms with E-state index in [0.29, 0.717) is 10.6 Å². The Bertz CT molecular complexity index is 744. The molecule has 0 atom stereocenters. The third kappa shape index (κ3) is 5.24. The molecule has 0 aliphatic heterocycles. The lowest BCUT2D eigenvalue weighted by Crippen LogP contribution is -2.21. The molecule has 8 heteroatoms. The normalized spacial score (nSPS) is 10.3. The highest BCUT2D eigenvalue weighted by atomic mass is 127. The van der Waals surface area contributed by atoms with Crippen LogP contribution in [-0.2, 0) is 9.53 Å². The molecule has 1 N–H and O–H groups in total. The lowest BCUT2D eigenvalue weighted by molar-refractivity contribution is -0.119. The number of carbonyl (C=O) groups excluding carboxylic acids is 2. The molecule has 0 aliphatic carbocycles. The van der Waals surface area contributed by atoms with Gasteiger partial charge in [0.05, 0.1) is 21.3 Å². The van der Waals surface area contributed by atoms with Crippen molar-refractivity contribution in [2.75, 3.05) is 11.9 Å². The minimum Gasteiger partial charge on any atom is -0.452 e. The van der Waals surface area contributed by atoms with E-state index >= 15 is 0 Å². The summed E-state index contributed by atoms with van der Waals surface area (Å²) < 4.78 is 5.84. The Morgan fingerprint density at radius 3 is 2.35 bits per heavy atom. The molecule has 0 unspecified atom stereocenters. The molecule has 0 spiro atoms. The molecule has 2 aromatic carbocycles. The second kappa shape index (κ2) is 8.19. The van der Waals surface area contributed by atoms with Crippen LogP contribution in [-0.4, -0.2) is 18.5 Å². The van der Waals surface area contributed by atoms with Gasteiger partial charge in [0.25, 0.3) is 5.91 Å². The first kappa shape index (κ1) is 18.3. The van der Waals surface area contributed by atoms with Crippen molar-refractivity contribution in [3.63, 3.8) is 0 Å². The molecule has 1 amide bonds. The van der Waals surface area contributed by atoms with Crippen LogP contribution in [0.2, 0.25) is 15.1 Å². The van der Waals surface area contributed by atoms with Crippen molar-refractivity contribution in [3.05, 3.63) is 60.6 Å². The van der Waals surface area contributed by atoms with Gasteiger partial charge in [0, 0.05) is 8.59 Å². The standard InChI is InChI=1S/C15H9Cl3INO3/c16-9-5-11(17)14(12(18)6-9)20-13(21)7-23-15(22)8-2-1-3-10(19)4-8/h1-6H,7H2,(H,20,21). The third-order valence-corrected chi connectivity index (χ3v) is 4.15. The molecule has 0 bridgehead atoms. The van der Waals surface area contributed by atoms with Crippen molar-refractivity contribution in [1.82, 2.24) is 0 Å². The molecule has 120 valence electrons. The van der Waals surface area contributed by atoms with E-state index < -0.39 is 18.5 Å². The first-order valence-electron chi connectivity index (χ1n) is 6.24. The van der Waals surface area contributed by atoms with E-state index in [0.717, 1.165) is 3.57 Å². The fourth-order valence-electron chi connectivity index (χ4n) is 1.67. The molecular formula is C15H9Cl3INO3. The fourth-order valence-corrected chi connectivity index (χ4v) is 3.12. The fraction of sp³-hybridized carbons (Fsp3) is 0.0667. The number of nitrogens with one attached hydrogen (secondary N) is 1. The zero-order chi connectivity index (χ0) is 17.0. The first-order chi connectivity index (χ1) is 10.9. The van der Waals surface area contributed by atoms with Gasteiger partial charge in [-0.05, 0) is 52.9 Å². The van der Waals surface area contributed by atoms with Crippen LogP contribution in [0, 0.1) is 3.57 Å². The molecule has 0 heterocycles. The molecule has 2 aromatic rings. The van der Waals surface area contributed by atoms with Gasteiger partial charge in [-0.1, -0.05) is 40.9 Å². The lowest BCUT2D eigenvalue weighted by atomic mass is 10.2. The number of anilines is 1. The maximum Gasteiger partial charge on any atom is 0.338 e. The number of carbonyl (C=O) groups is 2. The zero-order valence-corrected chi connectivity index (χ0v) is 15.8. The van der Waals surface area contributed by atoms with Crippen LogP contribution in [0.5, 0.6) is 0 Å². The summed E-state index contributed by atoms with van der Waals surface area (Å²) in [6, 6.07) is 9.73. The summed E-state index contributed by atoms with van der Waals surface area (Å²) in [6.07, 6.45) is 0. The summed E-state index contributed by atoms with van der Waals surface area (Å²) >= 11 is 19.8. The predicted molar refractivity (Wildman–Crippen MR) is 99.5 cm³/mol. The van der Waals surface area contributed by atoms with Crippen molar-refractivity contribution >= 4 is 75.0 Å². The summed E-state index contributed by atoms with van der Waals surface area (Å²) in [5, 5.41) is 3.22. The SMILES string of the molecule is O=C(COC(=O)c1cccc(I)c1)Nc1c(Cl)cc(Cl)cc1Cl. The lowest BCUT2D eigenvalue weighted by Gasteiger charge is -2.10. The molecular weight excluding hydrogens is 475 g/mol. The van der Waals surface area contributed by atoms with E-state index in [1.807, 2.05) is 6.07 Å². The van der Waals surface area contributed by atoms with Gasteiger partial charge in [-0.15, -0.1) is 0 Å². The number of ether oxygens (including phenoxy) is 1. The topological polar surface area (TPSA) is 55.4 Å². The molecule has 2 rings (SSSR count). The van der Waals surface area contributed by atoms with E-state index in [1.165, 1.54) is 12.1 Å². The van der Waals surface area contributed by atoms with Crippen LogP contribution in [0.25, 0.3) is 0 Å². The van der Waals surface area contributed by atoms with Crippen molar-refractivity contribution in [1.29, 1.82) is 0 Å². The average molecular weight is 485 g/mol. The maximum absolute atomic E-state index is 11.9. The van der Waals surface area contributed by atoms with Crippen LogP contribution >= 0.6 is 57.4 Å². The molecule has 4 nitrogen and oxygen atoms in total. The average Bonchev–Trinajstić information content (AvgIpc) is 2.48. The van der Waals surface area contributed by atoms with Crippen molar-refractivity contribution in [2.45, 2.75) is 0 Å². The number of amides is 1. The van der Waals surface area contributed by atoms with Gasteiger partial charge in [0.15, 0.2) is 6.61 Å². The summed E-state index contributed by atoms with van der Waals surface area (Å²) in [5.41, 5.74) is 0.584. The van der Waals surface area contributed by atoms with Gasteiger partial charge in [0.2, 0.25) is 0 Å². The van der Waals surface area contributed by atoms with Crippen LogP contribution in [0.4, 0.5) is 5.69 Å². The summed E-state index contributed by atoms with van der Waals surface area (Å²) in [5.74, 6) is -1.15. The molecule has 0 fully saturated rings. The van der Waals surface area contributed by atoms with Crippen LogP contribution in [0.3, 0.4) is 0 Å². The van der Waals surface area contributed by atoms with Crippen molar-refractivity contribution in [3.8, 4) is 0 Å². The molecule has 23 heavy (non-hydrogen) atoms. The molecule has 0 saturated carbocycles. The minimum atomic E-state index is -0.591. The second-order valence-corrected chi connectivity index (χ2v) is 6.88. The Balaban J connectivity index is 1.97. The predicted octanol–water partition coefficient (Wildman–Crippen LogP) is 5.05. The van der Waals surface area contributed by atoms with E-state index in [4.69, 9.17) is 39.5 Å². The number of hydrogen-bond donors (Lipinski definition) is 1. The van der Waals surface area contributed by atoms with E-state index in [1.54, 1.807) is 18.2 Å². The Labute approximate surface area is 161 Å². The van der Waals surface area contributed by atoms with Crippen LogP contribution in [0.15, 0.2) is 36.4 Å². The molecule has 0 radical (unpaired) electrons. The smallest absolute Gasteiger partial charge is 0.338 e. The summed E-state index contributed by atoms with van der Waals surface area (Å²) in [4.78, 5) is 23.7. The first-order valence-corrected chi connectivity index (χ1v) is 8.45. The van der Waals surface area contributed by atoms with Gasteiger partial charge >= 0.3 is 5.97 Å². The van der Waals surface area contributed by atoms with Gasteiger partial charge in [-0.3, -0.25) is 4.79 Å². The van der Waals surface area contributed by atoms with Crippen molar-refractivity contribution < 1.29 is 14.3 Å². The number of hydrogen-bond acceptors (Lipinski definition) is 3. The quantitative estimate of drug-likeness (QED) is 0.488. The number of halogens is 4. The highest BCUT2D eigenvalue weighted by molar-refractivity contribution is 14.1. The number of esters is 1. The Kier molecular flexibility index (Phi) is 6.52.